The third-order valence-electron chi connectivity index (χ3n) is 5.62. The molecule has 166 valence electrons. The van der Waals surface area contributed by atoms with Crippen LogP contribution in [0.15, 0.2) is 113 Å². The Morgan fingerprint density at radius 1 is 0.824 bits per heavy atom. The molecule has 5 aromatic carbocycles. The zero-order chi connectivity index (χ0) is 23.3. The van der Waals surface area contributed by atoms with Gasteiger partial charge in [0, 0.05) is 15.6 Å². The summed E-state index contributed by atoms with van der Waals surface area (Å²) in [7, 11) is 0. The van der Waals surface area contributed by atoms with Crippen LogP contribution in [0.1, 0.15) is 21.5 Å². The molecule has 0 aliphatic rings. The number of ether oxygens (including phenoxy) is 1. The average Bonchev–Trinajstić information content (AvgIpc) is 2.88. The molecule has 0 aliphatic carbocycles. The number of hydrogen-bond donors (Lipinski definition) is 1. The molecule has 1 amide bonds. The number of benzene rings is 5. The lowest BCUT2D eigenvalue weighted by atomic mass is 10.1. The lowest BCUT2D eigenvalue weighted by molar-refractivity contribution is 0.0955. The van der Waals surface area contributed by atoms with Crippen LogP contribution in [0.2, 0.25) is 0 Å². The van der Waals surface area contributed by atoms with E-state index in [-0.39, 0.29) is 5.91 Å². The normalized spacial score (nSPS) is 11.2. The minimum Gasteiger partial charge on any atom is -0.488 e. The molecule has 0 aliphatic heterocycles. The van der Waals surface area contributed by atoms with Crippen molar-refractivity contribution >= 4 is 49.6 Å². The third kappa shape index (κ3) is 4.85. The van der Waals surface area contributed by atoms with Crippen molar-refractivity contribution in [3.8, 4) is 5.75 Å². The van der Waals surface area contributed by atoms with E-state index in [1.165, 1.54) is 10.8 Å². The van der Waals surface area contributed by atoms with E-state index in [1.807, 2.05) is 72.8 Å². The molecule has 0 bridgehead atoms. The second-order valence-corrected chi connectivity index (χ2v) is 8.79. The molecule has 0 saturated carbocycles. The number of amides is 1. The van der Waals surface area contributed by atoms with Crippen molar-refractivity contribution in [1.29, 1.82) is 0 Å². The summed E-state index contributed by atoms with van der Waals surface area (Å²) in [4.78, 5) is 12.6. The van der Waals surface area contributed by atoms with Crippen LogP contribution in [0.3, 0.4) is 0 Å². The maximum absolute atomic E-state index is 12.6. The zero-order valence-corrected chi connectivity index (χ0v) is 19.8. The van der Waals surface area contributed by atoms with Crippen molar-refractivity contribution in [1.82, 2.24) is 5.43 Å². The number of carbonyl (C=O) groups excluding carboxylic acids is 1. The molecule has 5 aromatic rings. The number of nitrogens with zero attached hydrogens (tertiary/aromatic N) is 1. The number of halogens is 1. The van der Waals surface area contributed by atoms with Crippen LogP contribution in [0.5, 0.6) is 5.75 Å². The maximum atomic E-state index is 12.6. The molecule has 34 heavy (non-hydrogen) atoms. The molecular weight excluding hydrogens is 488 g/mol. The first-order valence-electron chi connectivity index (χ1n) is 10.9. The van der Waals surface area contributed by atoms with Gasteiger partial charge < -0.3 is 4.74 Å². The molecule has 5 rings (SSSR count). The minimum atomic E-state index is -0.268. The van der Waals surface area contributed by atoms with Crippen molar-refractivity contribution in [3.63, 3.8) is 0 Å². The molecule has 1 N–H and O–H groups in total. The van der Waals surface area contributed by atoms with Gasteiger partial charge >= 0.3 is 0 Å². The number of carbonyl (C=O) groups is 1. The molecule has 0 fully saturated rings. The van der Waals surface area contributed by atoms with E-state index in [0.29, 0.717) is 17.9 Å². The Bertz CT molecular complexity index is 1520. The Morgan fingerprint density at radius 3 is 2.47 bits per heavy atom. The van der Waals surface area contributed by atoms with Gasteiger partial charge in [0.25, 0.3) is 5.91 Å². The number of nitrogens with one attached hydrogen (secondary N) is 1. The van der Waals surface area contributed by atoms with Crippen LogP contribution in [0, 0.1) is 0 Å². The van der Waals surface area contributed by atoms with Gasteiger partial charge in [0.2, 0.25) is 0 Å². The highest BCUT2D eigenvalue weighted by atomic mass is 79.9. The minimum absolute atomic E-state index is 0.268. The van der Waals surface area contributed by atoms with Gasteiger partial charge in [0.05, 0.1) is 6.21 Å². The first-order valence-corrected chi connectivity index (χ1v) is 11.7. The van der Waals surface area contributed by atoms with E-state index in [4.69, 9.17) is 4.74 Å². The number of hydrogen-bond acceptors (Lipinski definition) is 3. The fraction of sp³-hybridized carbons (Fsp3) is 0.0345. The highest BCUT2D eigenvalue weighted by molar-refractivity contribution is 9.10. The molecule has 5 heteroatoms. The van der Waals surface area contributed by atoms with Crippen LogP contribution in [-0.2, 0) is 6.61 Å². The summed E-state index contributed by atoms with van der Waals surface area (Å²) < 4.78 is 7.05. The second-order valence-electron chi connectivity index (χ2n) is 7.87. The Kier molecular flexibility index (Phi) is 6.36. The Morgan fingerprint density at radius 2 is 1.59 bits per heavy atom. The topological polar surface area (TPSA) is 50.7 Å². The first kappa shape index (κ1) is 21.9. The van der Waals surface area contributed by atoms with Crippen molar-refractivity contribution in [2.45, 2.75) is 6.61 Å². The van der Waals surface area contributed by atoms with Gasteiger partial charge in [-0.05, 0) is 57.4 Å². The summed E-state index contributed by atoms with van der Waals surface area (Å²) in [5.41, 5.74) is 5.03. The molecule has 0 unspecified atom stereocenters. The Hall–Kier alpha value is -3.96. The van der Waals surface area contributed by atoms with Crippen molar-refractivity contribution in [2.75, 3.05) is 0 Å². The first-order chi connectivity index (χ1) is 16.7. The van der Waals surface area contributed by atoms with E-state index in [1.54, 1.807) is 12.3 Å². The molecular formula is C29H21BrN2O2. The van der Waals surface area contributed by atoms with Crippen LogP contribution < -0.4 is 10.2 Å². The summed E-state index contributed by atoms with van der Waals surface area (Å²) in [6.45, 7) is 0.424. The van der Waals surface area contributed by atoms with Gasteiger partial charge in [-0.3, -0.25) is 4.79 Å². The van der Waals surface area contributed by atoms with Crippen molar-refractivity contribution in [3.05, 3.63) is 124 Å². The quantitative estimate of drug-likeness (QED) is 0.196. The molecule has 4 nitrogen and oxygen atoms in total. The van der Waals surface area contributed by atoms with Crippen LogP contribution in [-0.4, -0.2) is 12.1 Å². The molecule has 0 atom stereocenters. The summed E-state index contributed by atoms with van der Waals surface area (Å²) in [5.74, 6) is 0.412. The van der Waals surface area contributed by atoms with Crippen LogP contribution in [0.4, 0.5) is 0 Å². The van der Waals surface area contributed by atoms with Gasteiger partial charge in [0.1, 0.15) is 12.4 Å². The fourth-order valence-electron chi connectivity index (χ4n) is 3.88. The lowest BCUT2D eigenvalue weighted by Crippen LogP contribution is -2.17. The van der Waals surface area contributed by atoms with Gasteiger partial charge in [-0.1, -0.05) is 88.7 Å². The lowest BCUT2D eigenvalue weighted by Gasteiger charge is -2.11. The largest absolute Gasteiger partial charge is 0.488 e. The van der Waals surface area contributed by atoms with E-state index >= 15 is 0 Å². The van der Waals surface area contributed by atoms with Crippen LogP contribution in [0.25, 0.3) is 21.5 Å². The van der Waals surface area contributed by atoms with Crippen molar-refractivity contribution < 1.29 is 9.53 Å². The average molecular weight is 509 g/mol. The fourth-order valence-corrected chi connectivity index (χ4v) is 4.26. The van der Waals surface area contributed by atoms with Gasteiger partial charge in [-0.2, -0.15) is 5.10 Å². The Balaban J connectivity index is 1.31. The predicted octanol–water partition coefficient (Wildman–Crippen LogP) is 7.10. The second kappa shape index (κ2) is 9.89. The predicted molar refractivity (Wildman–Crippen MR) is 141 cm³/mol. The molecule has 0 saturated heterocycles. The highest BCUT2D eigenvalue weighted by Gasteiger charge is 2.08. The molecule has 0 aromatic heterocycles. The molecule has 0 spiro atoms. The van der Waals surface area contributed by atoms with Crippen LogP contribution >= 0.6 is 15.9 Å². The van der Waals surface area contributed by atoms with E-state index in [2.05, 4.69) is 50.7 Å². The maximum Gasteiger partial charge on any atom is 0.271 e. The number of hydrazone groups is 1. The molecule has 0 radical (unpaired) electrons. The van der Waals surface area contributed by atoms with Gasteiger partial charge in [0.15, 0.2) is 0 Å². The standard InChI is InChI=1S/C29H21BrN2O2/c30-26-14-15-28(34-19-24-10-5-9-21-7-3-4-11-27(21)24)25(17-26)18-31-32-29(33)23-13-12-20-6-1-2-8-22(20)16-23/h1-18H,19H2,(H,32,33)/b31-18-. The Labute approximate surface area is 206 Å². The number of rotatable bonds is 6. The summed E-state index contributed by atoms with van der Waals surface area (Å²) >= 11 is 3.50. The molecule has 0 heterocycles. The van der Waals surface area contributed by atoms with E-state index in [9.17, 15) is 4.79 Å². The van der Waals surface area contributed by atoms with E-state index < -0.39 is 0 Å². The van der Waals surface area contributed by atoms with Gasteiger partial charge in [-0.15, -0.1) is 0 Å². The SMILES string of the molecule is O=C(N/N=C\c1cc(Br)ccc1OCc1cccc2ccccc12)c1ccc2ccccc2c1. The zero-order valence-electron chi connectivity index (χ0n) is 18.2. The summed E-state index contributed by atoms with van der Waals surface area (Å²) in [6, 6.07) is 33.7. The van der Waals surface area contributed by atoms with Crippen molar-refractivity contribution in [2.24, 2.45) is 5.10 Å². The monoisotopic (exact) mass is 508 g/mol. The third-order valence-corrected chi connectivity index (χ3v) is 6.11. The number of fused-ring (bicyclic) bond motifs is 2. The summed E-state index contributed by atoms with van der Waals surface area (Å²) in [6.07, 6.45) is 1.60. The smallest absolute Gasteiger partial charge is 0.271 e. The van der Waals surface area contributed by atoms with Gasteiger partial charge in [-0.25, -0.2) is 5.43 Å². The summed E-state index contributed by atoms with van der Waals surface area (Å²) in [5, 5.41) is 8.62. The highest BCUT2D eigenvalue weighted by Crippen LogP contribution is 2.25. The van der Waals surface area contributed by atoms with E-state index in [0.717, 1.165) is 26.4 Å².